The number of fused-ring (bicyclic) bond motifs is 1. The molecule has 2 aromatic rings. The quantitative estimate of drug-likeness (QED) is 0.715. The maximum absolute atomic E-state index is 6.24. The molecule has 0 saturated heterocycles. The first-order valence-electron chi connectivity index (χ1n) is 7.13. The maximum Gasteiger partial charge on any atom is 0.0484 e. The monoisotopic (exact) mass is 275 g/mol. The van der Waals surface area contributed by atoms with E-state index in [1.54, 1.807) is 0 Å². The van der Waals surface area contributed by atoms with Crippen LogP contribution in [0.1, 0.15) is 31.2 Å². The zero-order valence-electron chi connectivity index (χ0n) is 11.6. The SMILES string of the molecule is CNCCCCCCc1ccc(Cl)c2ccccc12. The Hall–Kier alpha value is -1.05. The molecule has 0 unspecified atom stereocenters. The van der Waals surface area contributed by atoms with Crippen LogP contribution in [0.15, 0.2) is 36.4 Å². The van der Waals surface area contributed by atoms with Gasteiger partial charge in [0, 0.05) is 10.4 Å². The molecule has 0 aromatic heterocycles. The lowest BCUT2D eigenvalue weighted by Crippen LogP contribution is -2.06. The van der Waals surface area contributed by atoms with Crippen LogP contribution in [0.5, 0.6) is 0 Å². The molecule has 0 aliphatic heterocycles. The van der Waals surface area contributed by atoms with Crippen LogP contribution in [-0.2, 0) is 6.42 Å². The smallest absolute Gasteiger partial charge is 0.0484 e. The average molecular weight is 276 g/mol. The summed E-state index contributed by atoms with van der Waals surface area (Å²) in [4.78, 5) is 0. The molecular weight excluding hydrogens is 254 g/mol. The summed E-state index contributed by atoms with van der Waals surface area (Å²) < 4.78 is 0. The topological polar surface area (TPSA) is 12.0 Å². The fourth-order valence-electron chi connectivity index (χ4n) is 2.51. The van der Waals surface area contributed by atoms with Crippen LogP contribution in [0.25, 0.3) is 10.8 Å². The van der Waals surface area contributed by atoms with Crippen molar-refractivity contribution in [2.75, 3.05) is 13.6 Å². The third-order valence-electron chi connectivity index (χ3n) is 3.58. The Bertz CT molecular complexity index is 522. The summed E-state index contributed by atoms with van der Waals surface area (Å²) >= 11 is 6.24. The van der Waals surface area contributed by atoms with Crippen LogP contribution in [0.3, 0.4) is 0 Å². The zero-order valence-corrected chi connectivity index (χ0v) is 12.3. The molecular formula is C17H22ClN. The van der Waals surface area contributed by atoms with Crippen molar-refractivity contribution in [3.8, 4) is 0 Å². The Morgan fingerprint density at radius 3 is 2.42 bits per heavy atom. The molecule has 0 atom stereocenters. The van der Waals surface area contributed by atoms with Gasteiger partial charge in [-0.3, -0.25) is 0 Å². The number of unbranched alkanes of at least 4 members (excludes halogenated alkanes) is 3. The predicted octanol–water partition coefficient (Wildman–Crippen LogP) is 4.82. The van der Waals surface area contributed by atoms with E-state index in [0.717, 1.165) is 18.0 Å². The van der Waals surface area contributed by atoms with Crippen LogP contribution >= 0.6 is 11.6 Å². The summed E-state index contributed by atoms with van der Waals surface area (Å²) in [6.45, 7) is 1.13. The zero-order chi connectivity index (χ0) is 13.5. The molecule has 0 bridgehead atoms. The summed E-state index contributed by atoms with van der Waals surface area (Å²) in [5.41, 5.74) is 1.42. The second-order valence-corrected chi connectivity index (χ2v) is 5.43. The Labute approximate surface area is 121 Å². The van der Waals surface area contributed by atoms with Crippen molar-refractivity contribution in [3.63, 3.8) is 0 Å². The van der Waals surface area contributed by atoms with E-state index in [9.17, 15) is 0 Å². The highest BCUT2D eigenvalue weighted by atomic mass is 35.5. The average Bonchev–Trinajstić information content (AvgIpc) is 2.45. The van der Waals surface area contributed by atoms with E-state index in [2.05, 4.69) is 35.6 Å². The van der Waals surface area contributed by atoms with E-state index >= 15 is 0 Å². The van der Waals surface area contributed by atoms with E-state index in [4.69, 9.17) is 11.6 Å². The molecule has 0 radical (unpaired) electrons. The Morgan fingerprint density at radius 2 is 1.63 bits per heavy atom. The molecule has 0 spiro atoms. The molecule has 102 valence electrons. The van der Waals surface area contributed by atoms with Gasteiger partial charge in [-0.15, -0.1) is 0 Å². The fraction of sp³-hybridized carbons (Fsp3) is 0.412. The van der Waals surface area contributed by atoms with Crippen molar-refractivity contribution in [1.29, 1.82) is 0 Å². The van der Waals surface area contributed by atoms with Crippen LogP contribution < -0.4 is 5.32 Å². The van der Waals surface area contributed by atoms with Gasteiger partial charge in [0.2, 0.25) is 0 Å². The lowest BCUT2D eigenvalue weighted by molar-refractivity contribution is 0.617. The minimum absolute atomic E-state index is 0.855. The van der Waals surface area contributed by atoms with Crippen molar-refractivity contribution < 1.29 is 0 Å². The van der Waals surface area contributed by atoms with Crippen LogP contribution in [-0.4, -0.2) is 13.6 Å². The minimum Gasteiger partial charge on any atom is -0.320 e. The van der Waals surface area contributed by atoms with Gasteiger partial charge < -0.3 is 5.32 Å². The van der Waals surface area contributed by atoms with Gasteiger partial charge in [0.05, 0.1) is 0 Å². The fourth-order valence-corrected chi connectivity index (χ4v) is 2.74. The van der Waals surface area contributed by atoms with Gasteiger partial charge in [0.15, 0.2) is 0 Å². The molecule has 2 heteroatoms. The standard InChI is InChI=1S/C17H22ClN/c1-19-13-7-3-2-4-8-14-11-12-17(18)16-10-6-5-9-15(14)16/h5-6,9-12,19H,2-4,7-8,13H2,1H3. The van der Waals surface area contributed by atoms with Gasteiger partial charge >= 0.3 is 0 Å². The number of aryl methyl sites for hydroxylation is 1. The number of rotatable bonds is 7. The lowest BCUT2D eigenvalue weighted by Gasteiger charge is -2.08. The summed E-state index contributed by atoms with van der Waals surface area (Å²) in [6.07, 6.45) is 6.30. The van der Waals surface area contributed by atoms with Crippen molar-refractivity contribution in [2.45, 2.75) is 32.1 Å². The maximum atomic E-state index is 6.24. The molecule has 0 amide bonds. The molecule has 2 rings (SSSR count). The highest BCUT2D eigenvalue weighted by molar-refractivity contribution is 6.35. The summed E-state index contributed by atoms with van der Waals surface area (Å²) in [6, 6.07) is 12.6. The number of hydrogen-bond donors (Lipinski definition) is 1. The first-order chi connectivity index (χ1) is 9.33. The van der Waals surface area contributed by atoms with Crippen molar-refractivity contribution in [3.05, 3.63) is 47.0 Å². The molecule has 0 aliphatic carbocycles. The highest BCUT2D eigenvalue weighted by Gasteiger charge is 2.03. The van der Waals surface area contributed by atoms with E-state index in [1.165, 1.54) is 42.0 Å². The highest BCUT2D eigenvalue weighted by Crippen LogP contribution is 2.27. The second-order valence-electron chi connectivity index (χ2n) is 5.02. The van der Waals surface area contributed by atoms with Crippen LogP contribution in [0.4, 0.5) is 0 Å². The normalized spacial score (nSPS) is 11.1. The predicted molar refractivity (Wildman–Crippen MR) is 85.1 cm³/mol. The van der Waals surface area contributed by atoms with E-state index < -0.39 is 0 Å². The summed E-state index contributed by atoms with van der Waals surface area (Å²) in [7, 11) is 2.01. The summed E-state index contributed by atoms with van der Waals surface area (Å²) in [5, 5.41) is 6.54. The van der Waals surface area contributed by atoms with Crippen LogP contribution in [0, 0.1) is 0 Å². The Kier molecular flexibility index (Phi) is 5.68. The van der Waals surface area contributed by atoms with Crippen molar-refractivity contribution in [2.24, 2.45) is 0 Å². The van der Waals surface area contributed by atoms with E-state index in [1.807, 2.05) is 13.1 Å². The van der Waals surface area contributed by atoms with Gasteiger partial charge in [-0.2, -0.15) is 0 Å². The van der Waals surface area contributed by atoms with Crippen LogP contribution in [0.2, 0.25) is 5.02 Å². The molecule has 0 aliphatic rings. The second kappa shape index (κ2) is 7.52. The van der Waals surface area contributed by atoms with Gasteiger partial charge in [-0.05, 0) is 49.9 Å². The summed E-state index contributed by atoms with van der Waals surface area (Å²) in [5.74, 6) is 0. The third-order valence-corrected chi connectivity index (χ3v) is 3.91. The minimum atomic E-state index is 0.855. The molecule has 1 N–H and O–H groups in total. The Balaban J connectivity index is 1.96. The van der Waals surface area contributed by atoms with Gasteiger partial charge in [-0.1, -0.05) is 54.8 Å². The number of hydrogen-bond acceptors (Lipinski definition) is 1. The molecule has 0 fully saturated rings. The van der Waals surface area contributed by atoms with Crippen molar-refractivity contribution >= 4 is 22.4 Å². The van der Waals surface area contributed by atoms with E-state index in [0.29, 0.717) is 0 Å². The number of nitrogens with one attached hydrogen (secondary N) is 1. The lowest BCUT2D eigenvalue weighted by atomic mass is 9.99. The van der Waals surface area contributed by atoms with Gasteiger partial charge in [-0.25, -0.2) is 0 Å². The largest absolute Gasteiger partial charge is 0.320 e. The molecule has 19 heavy (non-hydrogen) atoms. The molecule has 0 saturated carbocycles. The van der Waals surface area contributed by atoms with Crippen molar-refractivity contribution in [1.82, 2.24) is 5.32 Å². The first-order valence-corrected chi connectivity index (χ1v) is 7.51. The Morgan fingerprint density at radius 1 is 0.895 bits per heavy atom. The van der Waals surface area contributed by atoms with Gasteiger partial charge in [0.1, 0.15) is 0 Å². The number of benzene rings is 2. The third kappa shape index (κ3) is 3.95. The van der Waals surface area contributed by atoms with Gasteiger partial charge in [0.25, 0.3) is 0 Å². The molecule has 1 nitrogen and oxygen atoms in total. The molecule has 2 aromatic carbocycles. The molecule has 0 heterocycles. The first kappa shape index (κ1) is 14.4. The number of halogens is 1. The van der Waals surface area contributed by atoms with E-state index in [-0.39, 0.29) is 0 Å².